The van der Waals surface area contributed by atoms with Crippen molar-refractivity contribution >= 4 is 32.4 Å². The second-order valence-corrected chi connectivity index (χ2v) is 11.7. The first-order valence-corrected chi connectivity index (χ1v) is 13.8. The molecule has 0 bridgehead atoms. The molecule has 200 valence electrons. The maximum Gasteiger partial charge on any atom is 0.258 e. The minimum absolute atomic E-state index is 0.153. The molecule has 0 saturated carbocycles. The van der Waals surface area contributed by atoms with E-state index in [1.807, 2.05) is 17.9 Å². The molecule has 1 atom stereocenters. The topological polar surface area (TPSA) is 103 Å². The maximum absolute atomic E-state index is 14.1. The zero-order valence-electron chi connectivity index (χ0n) is 22.3. The van der Waals surface area contributed by atoms with Gasteiger partial charge in [-0.05, 0) is 54.8 Å². The lowest BCUT2D eigenvalue weighted by molar-refractivity contribution is 0.0985. The Morgan fingerprint density at radius 1 is 1.05 bits per heavy atom. The smallest absolute Gasteiger partial charge is 0.258 e. The number of terminal acetylenes is 1. The van der Waals surface area contributed by atoms with Crippen LogP contribution in [0.2, 0.25) is 0 Å². The summed E-state index contributed by atoms with van der Waals surface area (Å²) in [5.41, 5.74) is 3.21. The molecule has 0 saturated heterocycles. The number of carbonyl (C=O) groups excluding carboxylic acids is 1. The van der Waals surface area contributed by atoms with E-state index in [2.05, 4.69) is 15.9 Å². The lowest BCUT2D eigenvalue weighted by Gasteiger charge is -2.28. The van der Waals surface area contributed by atoms with Crippen LogP contribution in [0.15, 0.2) is 71.5 Å². The molecule has 0 amide bonds. The largest absolute Gasteiger partial charge is 0.355 e. The Labute approximate surface area is 228 Å². The number of fused-ring (bicyclic) bond motifs is 1. The van der Waals surface area contributed by atoms with E-state index >= 15 is 0 Å². The molecule has 0 aliphatic carbocycles. The number of ketones is 1. The lowest BCUT2D eigenvalue weighted by atomic mass is 9.99. The van der Waals surface area contributed by atoms with Gasteiger partial charge in [0.2, 0.25) is 10.0 Å². The summed E-state index contributed by atoms with van der Waals surface area (Å²) in [6.45, 7) is 4.10. The van der Waals surface area contributed by atoms with Crippen molar-refractivity contribution in [3.63, 3.8) is 0 Å². The number of benzene rings is 3. The van der Waals surface area contributed by atoms with Crippen LogP contribution in [0.1, 0.15) is 38.1 Å². The molecule has 1 N–H and O–H groups in total. The molecule has 1 aromatic heterocycles. The van der Waals surface area contributed by atoms with Crippen LogP contribution >= 0.6 is 0 Å². The lowest BCUT2D eigenvalue weighted by Crippen LogP contribution is -2.34. The predicted octanol–water partition coefficient (Wildman–Crippen LogP) is 4.00. The number of aromatic amines is 1. The SMILES string of the molecule is C#CCN(Cc1cc2c(=O)[nH]c(C)nc2cc1C)c1ccccc1C(=O)C(c1ccccc1)S(=O)(=O)N(C)C. The second kappa shape index (κ2) is 11.2. The molecular formula is C30H30N4O4S. The zero-order valence-corrected chi connectivity index (χ0v) is 23.1. The number of hydrogen-bond donors (Lipinski definition) is 1. The average Bonchev–Trinajstić information content (AvgIpc) is 2.89. The predicted molar refractivity (Wildman–Crippen MR) is 154 cm³/mol. The third-order valence-electron chi connectivity index (χ3n) is 6.58. The third-order valence-corrected chi connectivity index (χ3v) is 8.68. The number of nitrogens with one attached hydrogen (secondary N) is 1. The van der Waals surface area contributed by atoms with E-state index in [0.717, 1.165) is 15.4 Å². The molecule has 4 rings (SSSR count). The van der Waals surface area contributed by atoms with Crippen LogP contribution in [0.4, 0.5) is 5.69 Å². The molecule has 0 spiro atoms. The van der Waals surface area contributed by atoms with Crippen LogP contribution < -0.4 is 10.5 Å². The minimum Gasteiger partial charge on any atom is -0.355 e. The zero-order chi connectivity index (χ0) is 28.3. The summed E-state index contributed by atoms with van der Waals surface area (Å²) < 4.78 is 27.8. The Morgan fingerprint density at radius 2 is 1.72 bits per heavy atom. The van der Waals surface area contributed by atoms with Gasteiger partial charge in [0, 0.05) is 31.9 Å². The van der Waals surface area contributed by atoms with E-state index in [9.17, 15) is 18.0 Å². The fourth-order valence-electron chi connectivity index (χ4n) is 4.56. The number of para-hydroxylation sites is 1. The molecule has 39 heavy (non-hydrogen) atoms. The Morgan fingerprint density at radius 3 is 2.38 bits per heavy atom. The number of H-pyrrole nitrogens is 1. The van der Waals surface area contributed by atoms with Gasteiger partial charge in [-0.3, -0.25) is 9.59 Å². The van der Waals surface area contributed by atoms with E-state index in [4.69, 9.17) is 6.42 Å². The number of rotatable bonds is 9. The number of aromatic nitrogens is 2. The quantitative estimate of drug-likeness (QED) is 0.253. The van der Waals surface area contributed by atoms with Crippen molar-refractivity contribution in [1.82, 2.24) is 14.3 Å². The summed E-state index contributed by atoms with van der Waals surface area (Å²) in [6.07, 6.45) is 5.73. The van der Waals surface area contributed by atoms with Crippen molar-refractivity contribution in [2.75, 3.05) is 25.5 Å². The van der Waals surface area contributed by atoms with Crippen LogP contribution in [0.5, 0.6) is 0 Å². The Bertz CT molecular complexity index is 1740. The highest BCUT2D eigenvalue weighted by atomic mass is 32.2. The van der Waals surface area contributed by atoms with Crippen molar-refractivity contribution in [1.29, 1.82) is 0 Å². The summed E-state index contributed by atoms with van der Waals surface area (Å²) >= 11 is 0. The Hall–Kier alpha value is -4.26. The van der Waals surface area contributed by atoms with Crippen molar-refractivity contribution in [3.05, 3.63) is 105 Å². The van der Waals surface area contributed by atoms with Gasteiger partial charge in [-0.2, -0.15) is 0 Å². The van der Waals surface area contributed by atoms with E-state index in [0.29, 0.717) is 34.5 Å². The van der Waals surface area contributed by atoms with E-state index in [-0.39, 0.29) is 17.7 Å². The standard InChI is InChI=1S/C30H30N4O4S/c1-6-16-34(19-23-18-25-26(17-20(23)2)31-21(3)32-30(25)36)27-15-11-10-14-24(27)28(35)29(39(37,38)33(4)5)22-12-8-7-9-13-22/h1,7-15,17-18,29H,16,19H2,2-5H3,(H,31,32,36). The van der Waals surface area contributed by atoms with Crippen molar-refractivity contribution in [2.24, 2.45) is 0 Å². The van der Waals surface area contributed by atoms with Crippen molar-refractivity contribution < 1.29 is 13.2 Å². The molecule has 1 heterocycles. The number of anilines is 1. The number of carbonyl (C=O) groups is 1. The highest BCUT2D eigenvalue weighted by Gasteiger charge is 2.37. The van der Waals surface area contributed by atoms with E-state index in [1.165, 1.54) is 14.1 Å². The monoisotopic (exact) mass is 542 g/mol. The molecule has 4 aromatic rings. The molecular weight excluding hydrogens is 512 g/mol. The van der Waals surface area contributed by atoms with E-state index in [1.54, 1.807) is 67.6 Å². The van der Waals surface area contributed by atoms with Gasteiger partial charge in [-0.1, -0.05) is 48.4 Å². The summed E-state index contributed by atoms with van der Waals surface area (Å²) in [5, 5.41) is -0.981. The first-order chi connectivity index (χ1) is 18.5. The molecule has 0 fully saturated rings. The van der Waals surface area contributed by atoms with Crippen LogP contribution in [-0.2, 0) is 16.6 Å². The maximum atomic E-state index is 14.1. The van der Waals surface area contributed by atoms with Gasteiger partial charge in [0.25, 0.3) is 5.56 Å². The highest BCUT2D eigenvalue weighted by molar-refractivity contribution is 7.90. The number of aryl methyl sites for hydroxylation is 2. The molecule has 3 aromatic carbocycles. The minimum atomic E-state index is -4.01. The first-order valence-electron chi connectivity index (χ1n) is 12.3. The van der Waals surface area contributed by atoms with Gasteiger partial charge in [0.05, 0.1) is 17.4 Å². The highest BCUT2D eigenvalue weighted by Crippen LogP contribution is 2.33. The van der Waals surface area contributed by atoms with Gasteiger partial charge in [0.1, 0.15) is 5.82 Å². The van der Waals surface area contributed by atoms with Gasteiger partial charge < -0.3 is 9.88 Å². The average molecular weight is 543 g/mol. The van der Waals surface area contributed by atoms with Crippen molar-refractivity contribution in [2.45, 2.75) is 25.6 Å². The fraction of sp³-hybridized carbons (Fsp3) is 0.233. The number of Topliss-reactive ketones (excluding diaryl/α,β-unsaturated/α-hetero) is 1. The van der Waals surface area contributed by atoms with E-state index < -0.39 is 21.1 Å². The summed E-state index contributed by atoms with van der Waals surface area (Å²) in [7, 11) is -1.19. The summed E-state index contributed by atoms with van der Waals surface area (Å²) in [6, 6.07) is 18.9. The molecule has 0 aliphatic heterocycles. The van der Waals surface area contributed by atoms with Crippen LogP contribution in [0.25, 0.3) is 10.9 Å². The number of hydrogen-bond acceptors (Lipinski definition) is 6. The molecule has 1 unspecified atom stereocenters. The molecule has 9 heteroatoms. The number of nitrogens with zero attached hydrogens (tertiary/aromatic N) is 3. The Balaban J connectivity index is 1.82. The van der Waals surface area contributed by atoms with Gasteiger partial charge >= 0.3 is 0 Å². The second-order valence-electron chi connectivity index (χ2n) is 9.51. The van der Waals surface area contributed by atoms with Crippen LogP contribution in [0.3, 0.4) is 0 Å². The molecule has 0 radical (unpaired) electrons. The van der Waals surface area contributed by atoms with Crippen molar-refractivity contribution in [3.8, 4) is 12.3 Å². The summed E-state index contributed by atoms with van der Waals surface area (Å²) in [4.78, 5) is 35.6. The fourth-order valence-corrected chi connectivity index (χ4v) is 5.88. The summed E-state index contributed by atoms with van der Waals surface area (Å²) in [5.74, 6) is 2.62. The van der Waals surface area contributed by atoms with Gasteiger partial charge in [0.15, 0.2) is 11.0 Å². The number of sulfonamides is 1. The molecule has 8 nitrogen and oxygen atoms in total. The normalized spacial score (nSPS) is 12.3. The van der Waals surface area contributed by atoms with Crippen LogP contribution in [0, 0.1) is 26.2 Å². The molecule has 0 aliphatic rings. The first kappa shape index (κ1) is 27.8. The van der Waals surface area contributed by atoms with Gasteiger partial charge in [-0.15, -0.1) is 6.42 Å². The third kappa shape index (κ3) is 5.62. The Kier molecular flexibility index (Phi) is 8.00. The van der Waals surface area contributed by atoms with Gasteiger partial charge in [-0.25, -0.2) is 17.7 Å². The van der Waals surface area contributed by atoms with Crippen LogP contribution in [-0.4, -0.2) is 49.1 Å².